The highest BCUT2D eigenvalue weighted by Gasteiger charge is 2.42. The van der Waals surface area contributed by atoms with Gasteiger partial charge in [-0.2, -0.15) is 0 Å². The number of aromatic nitrogens is 1. The summed E-state index contributed by atoms with van der Waals surface area (Å²) in [4.78, 5) is 61.8. The smallest absolute Gasteiger partial charge is 0.326 e. The van der Waals surface area contributed by atoms with E-state index in [4.69, 9.17) is 11.5 Å². The zero-order valence-corrected chi connectivity index (χ0v) is 30.1. The number of guanidine groups is 1. The highest BCUT2D eigenvalue weighted by atomic mass is 16.4. The molecule has 0 aliphatic heterocycles. The molecule has 1 aromatic carbocycles. The molecule has 48 heavy (non-hydrogen) atoms. The molecule has 0 spiro atoms. The topological polar surface area (TPSA) is 208 Å². The van der Waals surface area contributed by atoms with Gasteiger partial charge >= 0.3 is 5.97 Å². The van der Waals surface area contributed by atoms with Gasteiger partial charge in [-0.3, -0.25) is 19.4 Å². The lowest BCUT2D eigenvalue weighted by atomic mass is 9.76. The quantitative estimate of drug-likeness (QED) is 0.0611. The molecule has 0 fully saturated rings. The number of nitrogens with one attached hydrogen (secondary N) is 4. The van der Waals surface area contributed by atoms with Crippen LogP contribution in [-0.2, 0) is 24.6 Å². The van der Waals surface area contributed by atoms with Crippen molar-refractivity contribution in [2.45, 2.75) is 97.8 Å². The van der Waals surface area contributed by atoms with Crippen molar-refractivity contribution in [3.63, 3.8) is 0 Å². The standard InChI is InChI=1S/C35H56N8O5/c1-20(2)26(18-21(3)29(44)41-25(32(47)48)16-13-17-39-33(36)37)43(10)31(46)28(34(4,5)6)42-30(45)27(38-9)35(7,8)23-19-40-24-15-12-11-14-22(23)24/h11-12,14-15,18-20,25-28,38,40H,13,16-17H2,1-10H3,(H,41,44)(H,42,45)(H,47,48)(H4,36,37,39)/t25-,26-,27+,28+/m1/s1. The number of nitrogens with zero attached hydrogens (tertiary/aromatic N) is 2. The highest BCUT2D eigenvalue weighted by molar-refractivity contribution is 5.96. The molecule has 0 saturated carbocycles. The number of likely N-dealkylation sites (N-methyl/N-ethyl adjacent to an activating group) is 2. The Labute approximate surface area is 284 Å². The van der Waals surface area contributed by atoms with E-state index in [1.165, 1.54) is 0 Å². The first-order valence-electron chi connectivity index (χ1n) is 16.3. The average molecular weight is 669 g/mol. The fourth-order valence-electron chi connectivity index (χ4n) is 5.92. The van der Waals surface area contributed by atoms with Gasteiger partial charge in [0.15, 0.2) is 5.96 Å². The largest absolute Gasteiger partial charge is 0.480 e. The number of benzene rings is 1. The zero-order chi connectivity index (χ0) is 36.6. The molecule has 0 aliphatic carbocycles. The molecule has 0 unspecified atom stereocenters. The van der Waals surface area contributed by atoms with E-state index in [1.54, 1.807) is 32.0 Å². The van der Waals surface area contributed by atoms with Crippen LogP contribution >= 0.6 is 0 Å². The number of hydrogen-bond acceptors (Lipinski definition) is 6. The number of carbonyl (C=O) groups is 4. The minimum Gasteiger partial charge on any atom is -0.480 e. The van der Waals surface area contributed by atoms with Gasteiger partial charge in [0, 0.05) is 41.7 Å². The Kier molecular flexibility index (Phi) is 13.8. The third-order valence-corrected chi connectivity index (χ3v) is 8.76. The maximum Gasteiger partial charge on any atom is 0.326 e. The van der Waals surface area contributed by atoms with Crippen molar-refractivity contribution in [1.82, 2.24) is 25.8 Å². The Morgan fingerprint density at radius 2 is 1.67 bits per heavy atom. The monoisotopic (exact) mass is 668 g/mol. The molecule has 0 aliphatic rings. The Balaban J connectivity index is 2.30. The number of fused-ring (bicyclic) bond motifs is 1. The van der Waals surface area contributed by atoms with Crippen LogP contribution in [0.1, 0.15) is 73.8 Å². The Hall–Kier alpha value is -4.39. The van der Waals surface area contributed by atoms with Crippen molar-refractivity contribution < 1.29 is 24.3 Å². The predicted molar refractivity (Wildman–Crippen MR) is 190 cm³/mol. The minimum absolute atomic E-state index is 0.0903. The number of hydrogen-bond donors (Lipinski definition) is 7. The molecule has 1 heterocycles. The SMILES string of the molecule is CN[C@@H](C(=O)N[C@@H](C(=O)N(C)[C@H](C=C(C)C(=O)N[C@H](CCCN=C(N)N)C(=O)O)C(C)C)C(C)(C)C)C(C)(C)c1c[nH]c2ccccc12. The molecule has 2 aromatic rings. The molecular formula is C35H56N8O5. The summed E-state index contributed by atoms with van der Waals surface area (Å²) >= 11 is 0. The molecule has 0 saturated heterocycles. The van der Waals surface area contributed by atoms with Gasteiger partial charge in [0.2, 0.25) is 17.7 Å². The van der Waals surface area contributed by atoms with Crippen molar-refractivity contribution in [2.75, 3.05) is 20.6 Å². The Morgan fingerprint density at radius 1 is 1.04 bits per heavy atom. The van der Waals surface area contributed by atoms with Crippen molar-refractivity contribution >= 4 is 40.6 Å². The van der Waals surface area contributed by atoms with E-state index in [0.717, 1.165) is 16.5 Å². The van der Waals surface area contributed by atoms with Crippen LogP contribution in [0.4, 0.5) is 0 Å². The number of H-pyrrole nitrogens is 1. The average Bonchev–Trinajstić information content (AvgIpc) is 3.43. The minimum atomic E-state index is -1.18. The van der Waals surface area contributed by atoms with Gasteiger partial charge in [0.25, 0.3) is 0 Å². The van der Waals surface area contributed by atoms with Gasteiger partial charge in [-0.25, -0.2) is 4.79 Å². The molecule has 9 N–H and O–H groups in total. The fourth-order valence-corrected chi connectivity index (χ4v) is 5.92. The van der Waals surface area contributed by atoms with Crippen LogP contribution in [0, 0.1) is 11.3 Å². The first kappa shape index (κ1) is 39.8. The first-order valence-corrected chi connectivity index (χ1v) is 16.3. The summed E-state index contributed by atoms with van der Waals surface area (Å²) in [7, 11) is 3.38. The fraction of sp³-hybridized carbons (Fsp3) is 0.571. The lowest BCUT2D eigenvalue weighted by Gasteiger charge is -2.39. The molecule has 13 nitrogen and oxygen atoms in total. The van der Waals surface area contributed by atoms with Gasteiger partial charge in [-0.15, -0.1) is 0 Å². The lowest BCUT2D eigenvalue weighted by molar-refractivity contribution is -0.141. The van der Waals surface area contributed by atoms with Gasteiger partial charge in [0.05, 0.1) is 12.1 Å². The highest BCUT2D eigenvalue weighted by Crippen LogP contribution is 2.34. The van der Waals surface area contributed by atoms with E-state index < -0.39 is 46.9 Å². The number of carboxylic acid groups (broad SMARTS) is 1. The van der Waals surface area contributed by atoms with Crippen molar-refractivity contribution in [2.24, 2.45) is 27.8 Å². The lowest BCUT2D eigenvalue weighted by Crippen LogP contribution is -2.61. The van der Waals surface area contributed by atoms with E-state index in [0.29, 0.717) is 6.42 Å². The molecule has 4 atom stereocenters. The summed E-state index contributed by atoms with van der Waals surface area (Å²) in [5.74, 6) is -2.58. The Morgan fingerprint density at radius 3 is 2.21 bits per heavy atom. The molecule has 0 radical (unpaired) electrons. The van der Waals surface area contributed by atoms with E-state index in [-0.39, 0.29) is 42.2 Å². The third kappa shape index (κ3) is 10.1. The van der Waals surface area contributed by atoms with E-state index >= 15 is 0 Å². The van der Waals surface area contributed by atoms with Crippen molar-refractivity contribution in [3.05, 3.63) is 47.7 Å². The molecule has 2 rings (SSSR count). The van der Waals surface area contributed by atoms with E-state index in [2.05, 4.69) is 25.9 Å². The molecule has 3 amide bonds. The number of nitrogens with two attached hydrogens (primary N) is 2. The van der Waals surface area contributed by atoms with Crippen LogP contribution < -0.4 is 27.4 Å². The number of aliphatic imine (C=N–C) groups is 1. The van der Waals surface area contributed by atoms with Gasteiger partial charge in [0.1, 0.15) is 12.1 Å². The summed E-state index contributed by atoms with van der Waals surface area (Å²) in [6.45, 7) is 15.3. The number of carboxylic acids is 1. The van der Waals surface area contributed by atoms with Gasteiger partial charge in [-0.1, -0.05) is 72.7 Å². The Bertz CT molecular complexity index is 1500. The van der Waals surface area contributed by atoms with Gasteiger partial charge in [-0.05, 0) is 49.8 Å². The van der Waals surface area contributed by atoms with Crippen LogP contribution in [0.2, 0.25) is 0 Å². The number of aliphatic carboxylic acids is 1. The second kappa shape index (κ2) is 16.6. The van der Waals surface area contributed by atoms with Crippen LogP contribution in [0.3, 0.4) is 0 Å². The summed E-state index contributed by atoms with van der Waals surface area (Å²) in [5, 5.41) is 19.5. The summed E-state index contributed by atoms with van der Waals surface area (Å²) in [6.07, 6.45) is 4.08. The number of amides is 3. The summed E-state index contributed by atoms with van der Waals surface area (Å²) < 4.78 is 0. The van der Waals surface area contributed by atoms with Crippen LogP contribution in [-0.4, -0.2) is 89.4 Å². The second-order valence-electron chi connectivity index (χ2n) is 14.3. The zero-order valence-electron chi connectivity index (χ0n) is 30.1. The predicted octanol–water partition coefficient (Wildman–Crippen LogP) is 2.62. The third-order valence-electron chi connectivity index (χ3n) is 8.76. The van der Waals surface area contributed by atoms with Gasteiger partial charge < -0.3 is 42.4 Å². The van der Waals surface area contributed by atoms with Crippen LogP contribution in [0.25, 0.3) is 10.9 Å². The molecule has 1 aromatic heterocycles. The molecular weight excluding hydrogens is 612 g/mol. The summed E-state index contributed by atoms with van der Waals surface area (Å²) in [5.41, 5.74) is 11.5. The summed E-state index contributed by atoms with van der Waals surface area (Å²) in [6, 6.07) is 4.68. The normalized spacial score (nSPS) is 14.9. The number of aromatic amines is 1. The number of rotatable bonds is 16. The molecule has 13 heteroatoms. The van der Waals surface area contributed by atoms with Crippen molar-refractivity contribution in [1.29, 1.82) is 0 Å². The van der Waals surface area contributed by atoms with Crippen LogP contribution in [0.5, 0.6) is 0 Å². The second-order valence-corrected chi connectivity index (χ2v) is 14.3. The maximum atomic E-state index is 14.2. The molecule has 266 valence electrons. The number of para-hydroxylation sites is 1. The molecule has 0 bridgehead atoms. The number of carbonyl (C=O) groups excluding carboxylic acids is 3. The van der Waals surface area contributed by atoms with E-state index in [9.17, 15) is 24.3 Å². The van der Waals surface area contributed by atoms with Crippen LogP contribution in [0.15, 0.2) is 47.1 Å². The first-order chi connectivity index (χ1) is 22.2. The maximum absolute atomic E-state index is 14.2. The van der Waals surface area contributed by atoms with E-state index in [1.807, 2.05) is 78.9 Å². The van der Waals surface area contributed by atoms with Crippen molar-refractivity contribution in [3.8, 4) is 0 Å².